The van der Waals surface area contributed by atoms with Gasteiger partial charge < -0.3 is 5.32 Å². The van der Waals surface area contributed by atoms with Crippen LogP contribution in [-0.2, 0) is 0 Å². The van der Waals surface area contributed by atoms with Gasteiger partial charge in [-0.25, -0.2) is 0 Å². The van der Waals surface area contributed by atoms with Crippen molar-refractivity contribution in [2.24, 2.45) is 0 Å². The number of thiophene rings is 2. The Kier molecular flexibility index (Phi) is 3.36. The summed E-state index contributed by atoms with van der Waals surface area (Å²) in [4.78, 5) is 22.0. The molecule has 0 aliphatic carbocycles. The number of nitrogens with zero attached hydrogens (tertiary/aromatic N) is 2. The van der Waals surface area contributed by atoms with Crippen molar-refractivity contribution in [3.05, 3.63) is 44.1 Å². The first kappa shape index (κ1) is 12.2. The van der Waals surface area contributed by atoms with Crippen molar-refractivity contribution >= 4 is 38.6 Å². The molecule has 2 heterocycles. The second-order valence-electron chi connectivity index (χ2n) is 3.12. The highest BCUT2D eigenvalue weighted by Crippen LogP contribution is 2.27. The number of amides is 1. The molecule has 2 aromatic heterocycles. The molecule has 18 heavy (non-hydrogen) atoms. The molecule has 1 amide bonds. The largest absolute Gasteiger partial charge is 0.324 e. The topological polar surface area (TPSA) is 96.0 Å². The van der Waals surface area contributed by atoms with E-state index in [2.05, 4.69) is 5.32 Å². The predicted octanol–water partition coefficient (Wildman–Crippen LogP) is 2.84. The summed E-state index contributed by atoms with van der Waals surface area (Å²) in [6, 6.07) is 6.20. The van der Waals surface area contributed by atoms with Crippen LogP contribution in [0.5, 0.6) is 0 Å². The summed E-state index contributed by atoms with van der Waals surface area (Å²) in [5.41, 5.74) is 0.374. The minimum atomic E-state index is -0.548. The third-order valence-corrected chi connectivity index (χ3v) is 3.87. The van der Waals surface area contributed by atoms with Gasteiger partial charge in [-0.3, -0.25) is 14.9 Å². The molecular formula is C10H5N3O3S2. The number of carbonyl (C=O) groups is 1. The molecule has 2 rings (SSSR count). The van der Waals surface area contributed by atoms with Gasteiger partial charge in [0.2, 0.25) is 0 Å². The monoisotopic (exact) mass is 279 g/mol. The Morgan fingerprint density at radius 3 is 2.83 bits per heavy atom. The van der Waals surface area contributed by atoms with Crippen LogP contribution in [0.15, 0.2) is 23.6 Å². The second kappa shape index (κ2) is 4.95. The molecule has 0 aromatic carbocycles. The maximum atomic E-state index is 11.8. The van der Waals surface area contributed by atoms with Gasteiger partial charge in [-0.15, -0.1) is 11.3 Å². The summed E-state index contributed by atoms with van der Waals surface area (Å²) in [7, 11) is 0. The average Bonchev–Trinajstić information content (AvgIpc) is 2.96. The first-order valence-electron chi connectivity index (χ1n) is 4.65. The van der Waals surface area contributed by atoms with Gasteiger partial charge in [-0.1, -0.05) is 11.3 Å². The highest BCUT2D eigenvalue weighted by Gasteiger charge is 2.16. The highest BCUT2D eigenvalue weighted by molar-refractivity contribution is 7.17. The van der Waals surface area contributed by atoms with Gasteiger partial charge in [0.1, 0.15) is 11.1 Å². The van der Waals surface area contributed by atoms with E-state index in [-0.39, 0.29) is 9.88 Å². The molecule has 0 spiro atoms. The zero-order chi connectivity index (χ0) is 13.1. The smallest absolute Gasteiger partial charge is 0.312 e. The molecular weight excluding hydrogens is 274 g/mol. The first-order chi connectivity index (χ1) is 8.61. The molecule has 0 saturated heterocycles. The Hall–Kier alpha value is -2.24. The molecule has 0 bridgehead atoms. The van der Waals surface area contributed by atoms with Crippen molar-refractivity contribution in [1.82, 2.24) is 0 Å². The van der Waals surface area contributed by atoms with Crippen molar-refractivity contribution in [2.75, 3.05) is 5.32 Å². The molecule has 0 radical (unpaired) electrons. The molecule has 8 heteroatoms. The molecule has 0 fully saturated rings. The van der Waals surface area contributed by atoms with Crippen molar-refractivity contribution < 1.29 is 9.72 Å². The highest BCUT2D eigenvalue weighted by atomic mass is 32.1. The van der Waals surface area contributed by atoms with E-state index in [1.54, 1.807) is 11.4 Å². The minimum Gasteiger partial charge on any atom is -0.312 e. The SMILES string of the molecule is N#Cc1ccsc1NC(=O)c1ccc([N+](=O)[O-])s1. The third-order valence-electron chi connectivity index (χ3n) is 2.01. The van der Waals surface area contributed by atoms with Crippen LogP contribution in [0.3, 0.4) is 0 Å². The van der Waals surface area contributed by atoms with E-state index in [1.807, 2.05) is 6.07 Å². The van der Waals surface area contributed by atoms with E-state index in [9.17, 15) is 14.9 Å². The first-order valence-corrected chi connectivity index (χ1v) is 6.34. The van der Waals surface area contributed by atoms with Gasteiger partial charge in [-0.05, 0) is 17.5 Å². The fourth-order valence-electron chi connectivity index (χ4n) is 1.21. The average molecular weight is 279 g/mol. The van der Waals surface area contributed by atoms with E-state index in [0.717, 1.165) is 11.3 Å². The Labute approximate surface area is 109 Å². The molecule has 90 valence electrons. The van der Waals surface area contributed by atoms with Crippen molar-refractivity contribution in [3.8, 4) is 6.07 Å². The minimum absolute atomic E-state index is 0.0909. The second-order valence-corrected chi connectivity index (χ2v) is 5.10. The number of carbonyl (C=O) groups excluding carboxylic acids is 1. The number of nitrogens with one attached hydrogen (secondary N) is 1. The molecule has 2 aromatic rings. The lowest BCUT2D eigenvalue weighted by molar-refractivity contribution is -0.380. The summed E-state index contributed by atoms with van der Waals surface area (Å²) in [5, 5.41) is 23.9. The Bertz CT molecular complexity index is 653. The Balaban J connectivity index is 2.17. The van der Waals surface area contributed by atoms with E-state index in [0.29, 0.717) is 10.6 Å². The van der Waals surface area contributed by atoms with Crippen LogP contribution in [0, 0.1) is 21.4 Å². The molecule has 0 aliphatic rings. The predicted molar refractivity (Wildman–Crippen MR) is 68.0 cm³/mol. The number of nitriles is 1. The maximum absolute atomic E-state index is 11.8. The molecule has 0 saturated carbocycles. The zero-order valence-electron chi connectivity index (χ0n) is 8.75. The normalized spacial score (nSPS) is 9.72. The van der Waals surface area contributed by atoms with E-state index < -0.39 is 10.8 Å². The van der Waals surface area contributed by atoms with Gasteiger partial charge in [0, 0.05) is 6.07 Å². The third kappa shape index (κ3) is 2.37. The Morgan fingerprint density at radius 1 is 1.44 bits per heavy atom. The fraction of sp³-hybridized carbons (Fsp3) is 0. The van der Waals surface area contributed by atoms with Crippen LogP contribution >= 0.6 is 22.7 Å². The summed E-state index contributed by atoms with van der Waals surface area (Å²) in [5.74, 6) is -0.452. The van der Waals surface area contributed by atoms with Gasteiger partial charge >= 0.3 is 5.00 Å². The molecule has 1 N–H and O–H groups in total. The maximum Gasteiger partial charge on any atom is 0.324 e. The van der Waals surface area contributed by atoms with Gasteiger partial charge in [0.05, 0.1) is 15.4 Å². The lowest BCUT2D eigenvalue weighted by Gasteiger charge is -1.99. The lowest BCUT2D eigenvalue weighted by atomic mass is 10.3. The number of hydrogen-bond donors (Lipinski definition) is 1. The van der Waals surface area contributed by atoms with Gasteiger partial charge in [0.15, 0.2) is 0 Å². The van der Waals surface area contributed by atoms with Crippen molar-refractivity contribution in [3.63, 3.8) is 0 Å². The van der Waals surface area contributed by atoms with Crippen LogP contribution in [0.4, 0.5) is 10.0 Å². The number of anilines is 1. The lowest BCUT2D eigenvalue weighted by Crippen LogP contribution is -2.09. The number of nitro groups is 1. The van der Waals surface area contributed by atoms with Gasteiger partial charge in [-0.2, -0.15) is 5.26 Å². The van der Waals surface area contributed by atoms with Crippen molar-refractivity contribution in [1.29, 1.82) is 5.26 Å². The van der Waals surface area contributed by atoms with E-state index in [1.165, 1.54) is 23.5 Å². The van der Waals surface area contributed by atoms with Crippen LogP contribution < -0.4 is 5.32 Å². The van der Waals surface area contributed by atoms with Crippen LogP contribution in [0.2, 0.25) is 0 Å². The van der Waals surface area contributed by atoms with Crippen LogP contribution in [-0.4, -0.2) is 10.8 Å². The van der Waals surface area contributed by atoms with Crippen LogP contribution in [0.25, 0.3) is 0 Å². The van der Waals surface area contributed by atoms with E-state index in [4.69, 9.17) is 5.26 Å². The van der Waals surface area contributed by atoms with Crippen molar-refractivity contribution in [2.45, 2.75) is 0 Å². The standard InChI is InChI=1S/C10H5N3O3S2/c11-5-6-3-4-17-10(6)12-9(14)7-1-2-8(18-7)13(15)16/h1-4H,(H,12,14). The quantitative estimate of drug-likeness (QED) is 0.690. The summed E-state index contributed by atoms with van der Waals surface area (Å²) in [6.07, 6.45) is 0. The number of rotatable bonds is 3. The van der Waals surface area contributed by atoms with Gasteiger partial charge in [0.25, 0.3) is 5.91 Å². The zero-order valence-corrected chi connectivity index (χ0v) is 10.4. The number of hydrogen-bond acceptors (Lipinski definition) is 6. The summed E-state index contributed by atoms with van der Waals surface area (Å²) in [6.45, 7) is 0. The molecule has 0 atom stereocenters. The Morgan fingerprint density at radius 2 is 2.22 bits per heavy atom. The summed E-state index contributed by atoms with van der Waals surface area (Å²) >= 11 is 2.02. The van der Waals surface area contributed by atoms with E-state index >= 15 is 0 Å². The molecule has 6 nitrogen and oxygen atoms in total. The fourth-order valence-corrected chi connectivity index (χ4v) is 2.65. The summed E-state index contributed by atoms with van der Waals surface area (Å²) < 4.78 is 0. The molecule has 0 aliphatic heterocycles. The van der Waals surface area contributed by atoms with Crippen LogP contribution in [0.1, 0.15) is 15.2 Å². The molecule has 0 unspecified atom stereocenters.